The van der Waals surface area contributed by atoms with Gasteiger partial charge < -0.3 is 5.32 Å². The Morgan fingerprint density at radius 3 is 2.69 bits per heavy atom. The van der Waals surface area contributed by atoms with E-state index < -0.39 is 18.6 Å². The number of alkyl halides is 3. The molecule has 84 valence electrons. The summed E-state index contributed by atoms with van der Waals surface area (Å²) in [6.07, 6.45) is -4.44. The zero-order chi connectivity index (χ0) is 12.2. The Hall–Kier alpha value is -2.03. The fourth-order valence-corrected chi connectivity index (χ4v) is 1.01. The molecule has 0 saturated heterocycles. The van der Waals surface area contributed by atoms with Crippen molar-refractivity contribution in [3.63, 3.8) is 0 Å². The molecular weight excluding hydrogens is 221 g/mol. The quantitative estimate of drug-likeness (QED) is 0.839. The maximum atomic E-state index is 11.8. The number of halogens is 3. The van der Waals surface area contributed by atoms with Crippen LogP contribution in [0.1, 0.15) is 15.9 Å². The first-order chi connectivity index (χ1) is 7.42. The molecule has 0 spiro atoms. The Morgan fingerprint density at radius 2 is 2.12 bits per heavy atom. The fraction of sp³-hybridized carbons (Fsp3) is 0.200. The summed E-state index contributed by atoms with van der Waals surface area (Å²) in [6.45, 7) is -1.39. The summed E-state index contributed by atoms with van der Waals surface area (Å²) in [4.78, 5) is 11.2. The van der Waals surface area contributed by atoms with E-state index in [1.54, 1.807) is 11.4 Å². The lowest BCUT2D eigenvalue weighted by atomic mass is 10.1. The Labute approximate surface area is 89.5 Å². The normalized spacial score (nSPS) is 10.6. The molecule has 0 unspecified atom stereocenters. The highest BCUT2D eigenvalue weighted by atomic mass is 19.4. The van der Waals surface area contributed by atoms with Crippen LogP contribution in [0.15, 0.2) is 24.3 Å². The first-order valence-corrected chi connectivity index (χ1v) is 4.27. The number of amides is 1. The van der Waals surface area contributed by atoms with Crippen molar-refractivity contribution in [1.29, 1.82) is 5.26 Å². The van der Waals surface area contributed by atoms with Crippen LogP contribution in [0.5, 0.6) is 0 Å². The van der Waals surface area contributed by atoms with Crippen LogP contribution in [0.25, 0.3) is 0 Å². The zero-order valence-corrected chi connectivity index (χ0v) is 8.01. The number of rotatable bonds is 2. The first kappa shape index (κ1) is 12.0. The van der Waals surface area contributed by atoms with Crippen molar-refractivity contribution < 1.29 is 18.0 Å². The Bertz CT molecular complexity index is 434. The van der Waals surface area contributed by atoms with Gasteiger partial charge in [-0.05, 0) is 18.2 Å². The monoisotopic (exact) mass is 228 g/mol. The molecule has 16 heavy (non-hydrogen) atoms. The largest absolute Gasteiger partial charge is 0.405 e. The number of carbonyl (C=O) groups excluding carboxylic acids is 1. The van der Waals surface area contributed by atoms with E-state index in [1.165, 1.54) is 24.3 Å². The molecule has 0 aliphatic heterocycles. The number of carbonyl (C=O) groups is 1. The maximum Gasteiger partial charge on any atom is 0.405 e. The summed E-state index contributed by atoms with van der Waals surface area (Å²) in [6, 6.07) is 7.25. The lowest BCUT2D eigenvalue weighted by Gasteiger charge is -2.08. The summed E-state index contributed by atoms with van der Waals surface area (Å²) in [7, 11) is 0. The highest BCUT2D eigenvalue weighted by Gasteiger charge is 2.27. The van der Waals surface area contributed by atoms with Gasteiger partial charge in [0.2, 0.25) is 0 Å². The standard InChI is InChI=1S/C10H7F3N2O/c11-10(12,13)6-15-9(16)8-3-1-2-7(4-8)5-14/h1-4H,6H2,(H,15,16). The van der Waals surface area contributed by atoms with Crippen molar-refractivity contribution >= 4 is 5.91 Å². The summed E-state index contributed by atoms with van der Waals surface area (Å²) in [5.74, 6) is -0.852. The van der Waals surface area contributed by atoms with Crippen LogP contribution in [-0.4, -0.2) is 18.6 Å². The lowest BCUT2D eigenvalue weighted by molar-refractivity contribution is -0.123. The van der Waals surface area contributed by atoms with Crippen LogP contribution < -0.4 is 5.32 Å². The molecule has 1 rings (SSSR count). The van der Waals surface area contributed by atoms with E-state index in [0.717, 1.165) is 0 Å². The minimum absolute atomic E-state index is 0.0308. The van der Waals surface area contributed by atoms with E-state index in [0.29, 0.717) is 0 Å². The molecular formula is C10H7F3N2O. The van der Waals surface area contributed by atoms with E-state index in [2.05, 4.69) is 0 Å². The van der Waals surface area contributed by atoms with Crippen molar-refractivity contribution in [3.8, 4) is 6.07 Å². The van der Waals surface area contributed by atoms with Crippen LogP contribution in [0.2, 0.25) is 0 Å². The van der Waals surface area contributed by atoms with Gasteiger partial charge in [0.05, 0.1) is 11.6 Å². The van der Waals surface area contributed by atoms with Crippen molar-refractivity contribution in [1.82, 2.24) is 5.32 Å². The minimum Gasteiger partial charge on any atom is -0.343 e. The van der Waals surface area contributed by atoms with Crippen LogP contribution in [0.4, 0.5) is 13.2 Å². The van der Waals surface area contributed by atoms with Gasteiger partial charge in [-0.15, -0.1) is 0 Å². The Kier molecular flexibility index (Phi) is 3.51. The Morgan fingerprint density at radius 1 is 1.44 bits per heavy atom. The fourth-order valence-electron chi connectivity index (χ4n) is 1.01. The molecule has 1 aromatic rings. The van der Waals surface area contributed by atoms with Gasteiger partial charge >= 0.3 is 6.18 Å². The lowest BCUT2D eigenvalue weighted by Crippen LogP contribution is -2.33. The predicted octanol–water partition coefficient (Wildman–Crippen LogP) is 1.85. The summed E-state index contributed by atoms with van der Waals surface area (Å²) < 4.78 is 35.4. The minimum atomic E-state index is -4.44. The van der Waals surface area contributed by atoms with Crippen molar-refractivity contribution in [2.24, 2.45) is 0 Å². The van der Waals surface area contributed by atoms with E-state index in [4.69, 9.17) is 5.26 Å². The predicted molar refractivity (Wildman–Crippen MR) is 49.5 cm³/mol. The second-order valence-corrected chi connectivity index (χ2v) is 2.99. The number of hydrogen-bond acceptors (Lipinski definition) is 2. The van der Waals surface area contributed by atoms with Crippen molar-refractivity contribution in [3.05, 3.63) is 35.4 Å². The van der Waals surface area contributed by atoms with Gasteiger partial charge in [0, 0.05) is 5.56 Å². The van der Waals surface area contributed by atoms with E-state index >= 15 is 0 Å². The third kappa shape index (κ3) is 3.61. The first-order valence-electron chi connectivity index (χ1n) is 4.27. The molecule has 1 N–H and O–H groups in total. The number of benzene rings is 1. The molecule has 1 amide bonds. The highest BCUT2D eigenvalue weighted by Crippen LogP contribution is 2.12. The van der Waals surface area contributed by atoms with Gasteiger partial charge in [-0.2, -0.15) is 18.4 Å². The molecule has 0 fully saturated rings. The molecule has 0 aromatic heterocycles. The molecule has 6 heteroatoms. The summed E-state index contributed by atoms with van der Waals surface area (Å²) in [5.41, 5.74) is 0.253. The summed E-state index contributed by atoms with van der Waals surface area (Å²) in [5, 5.41) is 10.3. The second-order valence-electron chi connectivity index (χ2n) is 2.99. The average Bonchev–Trinajstić information content (AvgIpc) is 2.25. The average molecular weight is 228 g/mol. The SMILES string of the molecule is N#Cc1cccc(C(=O)NCC(F)(F)F)c1. The van der Waals surface area contributed by atoms with E-state index in [1.807, 2.05) is 0 Å². The third-order valence-corrected chi connectivity index (χ3v) is 1.70. The van der Waals surface area contributed by atoms with Crippen molar-refractivity contribution in [2.45, 2.75) is 6.18 Å². The van der Waals surface area contributed by atoms with Crippen LogP contribution in [0, 0.1) is 11.3 Å². The van der Waals surface area contributed by atoms with Gasteiger partial charge in [0.25, 0.3) is 5.91 Å². The summed E-state index contributed by atoms with van der Waals surface area (Å²) >= 11 is 0. The van der Waals surface area contributed by atoms with Gasteiger partial charge in [0.1, 0.15) is 6.54 Å². The molecule has 0 bridgehead atoms. The van der Waals surface area contributed by atoms with Crippen LogP contribution >= 0.6 is 0 Å². The van der Waals surface area contributed by atoms with Gasteiger partial charge in [-0.3, -0.25) is 4.79 Å². The zero-order valence-electron chi connectivity index (χ0n) is 8.01. The highest BCUT2D eigenvalue weighted by molar-refractivity contribution is 5.94. The molecule has 1 aromatic carbocycles. The smallest absolute Gasteiger partial charge is 0.343 e. The maximum absolute atomic E-state index is 11.8. The Balaban J connectivity index is 2.71. The molecule has 0 aliphatic carbocycles. The molecule has 0 saturated carbocycles. The third-order valence-electron chi connectivity index (χ3n) is 1.70. The molecule has 0 heterocycles. The molecule has 0 atom stereocenters. The van der Waals surface area contributed by atoms with E-state index in [9.17, 15) is 18.0 Å². The number of nitrogens with zero attached hydrogens (tertiary/aromatic N) is 1. The van der Waals surface area contributed by atoms with E-state index in [-0.39, 0.29) is 11.1 Å². The molecule has 3 nitrogen and oxygen atoms in total. The van der Waals surface area contributed by atoms with Gasteiger partial charge in [-0.1, -0.05) is 6.07 Å². The van der Waals surface area contributed by atoms with Crippen molar-refractivity contribution in [2.75, 3.05) is 6.54 Å². The second kappa shape index (κ2) is 4.66. The van der Waals surface area contributed by atoms with Gasteiger partial charge in [-0.25, -0.2) is 0 Å². The number of nitrogens with one attached hydrogen (secondary N) is 1. The van der Waals surface area contributed by atoms with Crippen LogP contribution in [-0.2, 0) is 0 Å². The molecule has 0 aliphatic rings. The topological polar surface area (TPSA) is 52.9 Å². The number of nitriles is 1. The van der Waals surface area contributed by atoms with Crippen LogP contribution in [0.3, 0.4) is 0 Å². The number of hydrogen-bond donors (Lipinski definition) is 1. The van der Waals surface area contributed by atoms with Gasteiger partial charge in [0.15, 0.2) is 0 Å². The molecule has 0 radical (unpaired) electrons.